The summed E-state index contributed by atoms with van der Waals surface area (Å²) >= 11 is 5.89. The fourth-order valence-electron chi connectivity index (χ4n) is 2.01. The molecular formula is C14H14ClNO5. The van der Waals surface area contributed by atoms with Crippen LogP contribution >= 0.6 is 11.6 Å². The molecule has 1 amide bonds. The van der Waals surface area contributed by atoms with Crippen LogP contribution in [0.1, 0.15) is 23.0 Å². The molecule has 2 rings (SSSR count). The third-order valence-corrected chi connectivity index (χ3v) is 3.37. The number of carbonyl (C=O) groups is 2. The summed E-state index contributed by atoms with van der Waals surface area (Å²) < 4.78 is 5.43. The van der Waals surface area contributed by atoms with Crippen LogP contribution in [0.2, 0.25) is 5.02 Å². The fraction of sp³-hybridized carbons (Fsp3) is 0.286. The Kier molecular flexibility index (Phi) is 4.20. The predicted octanol–water partition coefficient (Wildman–Crippen LogP) is 1.96. The number of benzene rings is 1. The molecule has 0 spiro atoms. The molecule has 21 heavy (non-hydrogen) atoms. The molecule has 1 aromatic carbocycles. The topological polar surface area (TPSA) is 99.8 Å². The number of hydrogen-bond acceptors (Lipinski definition) is 4. The van der Waals surface area contributed by atoms with Gasteiger partial charge in [-0.2, -0.15) is 0 Å². The Hall–Kier alpha value is -2.05. The minimum absolute atomic E-state index is 0.000772. The largest absolute Gasteiger partial charge is 0.480 e. The molecule has 0 saturated heterocycles. The first kappa shape index (κ1) is 15.3. The number of rotatable bonds is 4. The maximum Gasteiger partial charge on any atom is 0.328 e. The molecular weight excluding hydrogens is 298 g/mol. The van der Waals surface area contributed by atoms with Gasteiger partial charge in [0, 0.05) is 16.0 Å². The molecule has 0 bridgehead atoms. The van der Waals surface area contributed by atoms with Crippen molar-refractivity contribution in [1.82, 2.24) is 5.32 Å². The van der Waals surface area contributed by atoms with Gasteiger partial charge in [0.05, 0.1) is 6.10 Å². The van der Waals surface area contributed by atoms with Gasteiger partial charge < -0.3 is 19.9 Å². The van der Waals surface area contributed by atoms with Gasteiger partial charge in [-0.25, -0.2) is 4.79 Å². The number of nitrogens with one attached hydrogen (secondary N) is 1. The molecule has 2 atom stereocenters. The van der Waals surface area contributed by atoms with Crippen LogP contribution in [0.4, 0.5) is 0 Å². The van der Waals surface area contributed by atoms with Crippen LogP contribution in [0.25, 0.3) is 11.0 Å². The molecule has 2 aromatic rings. The second-order valence-electron chi connectivity index (χ2n) is 4.73. The Morgan fingerprint density at radius 3 is 2.62 bits per heavy atom. The Morgan fingerprint density at radius 2 is 2.05 bits per heavy atom. The third-order valence-electron chi connectivity index (χ3n) is 3.14. The van der Waals surface area contributed by atoms with Crippen molar-refractivity contribution in [2.75, 3.05) is 0 Å². The summed E-state index contributed by atoms with van der Waals surface area (Å²) in [5.74, 6) is -2.03. The van der Waals surface area contributed by atoms with E-state index < -0.39 is 24.0 Å². The average Bonchev–Trinajstić information content (AvgIpc) is 2.72. The van der Waals surface area contributed by atoms with Gasteiger partial charge in [-0.1, -0.05) is 11.6 Å². The molecule has 7 heteroatoms. The van der Waals surface area contributed by atoms with Crippen molar-refractivity contribution in [1.29, 1.82) is 0 Å². The van der Waals surface area contributed by atoms with E-state index >= 15 is 0 Å². The maximum absolute atomic E-state index is 12.1. The smallest absolute Gasteiger partial charge is 0.328 e. The number of aliphatic carboxylic acids is 1. The Morgan fingerprint density at radius 1 is 1.38 bits per heavy atom. The second-order valence-corrected chi connectivity index (χ2v) is 5.16. The number of aliphatic hydroxyl groups excluding tert-OH is 1. The first-order valence-electron chi connectivity index (χ1n) is 6.21. The number of hydrogen-bond donors (Lipinski definition) is 3. The zero-order valence-electron chi connectivity index (χ0n) is 11.4. The van der Waals surface area contributed by atoms with E-state index in [1.807, 2.05) is 0 Å². The summed E-state index contributed by atoms with van der Waals surface area (Å²) in [5, 5.41) is 21.8. The monoisotopic (exact) mass is 311 g/mol. The Balaban J connectivity index is 2.35. The quantitative estimate of drug-likeness (QED) is 0.801. The number of carbonyl (C=O) groups excluding carboxylic acids is 1. The van der Waals surface area contributed by atoms with Crippen LogP contribution in [0.15, 0.2) is 22.6 Å². The highest BCUT2D eigenvalue weighted by molar-refractivity contribution is 6.31. The molecule has 0 radical (unpaired) electrons. The number of carboxylic acid groups (broad SMARTS) is 1. The van der Waals surface area contributed by atoms with Crippen molar-refractivity contribution in [3.8, 4) is 0 Å². The lowest BCUT2D eigenvalue weighted by Crippen LogP contribution is -2.47. The minimum Gasteiger partial charge on any atom is -0.480 e. The van der Waals surface area contributed by atoms with E-state index in [4.69, 9.17) is 21.1 Å². The van der Waals surface area contributed by atoms with Crippen molar-refractivity contribution in [3.05, 3.63) is 34.5 Å². The van der Waals surface area contributed by atoms with Crippen molar-refractivity contribution >= 4 is 34.4 Å². The number of amides is 1. The number of fused-ring (bicyclic) bond motifs is 1. The minimum atomic E-state index is -1.41. The van der Waals surface area contributed by atoms with E-state index in [-0.39, 0.29) is 5.76 Å². The standard InChI is InChI=1S/C14H14ClNO5/c1-6-9-5-8(15)3-4-10(9)21-12(6)13(18)16-11(7(2)17)14(19)20/h3-5,7,11,17H,1-2H3,(H,16,18)(H,19,20). The molecule has 0 aliphatic carbocycles. The molecule has 0 aliphatic rings. The molecule has 2 unspecified atom stereocenters. The predicted molar refractivity (Wildman–Crippen MR) is 76.5 cm³/mol. The van der Waals surface area contributed by atoms with Crippen LogP contribution in [0.5, 0.6) is 0 Å². The van der Waals surface area contributed by atoms with Gasteiger partial charge in [0.25, 0.3) is 5.91 Å². The number of aryl methyl sites for hydroxylation is 1. The van der Waals surface area contributed by atoms with Gasteiger partial charge in [-0.05, 0) is 32.0 Å². The Labute approximate surface area is 125 Å². The van der Waals surface area contributed by atoms with Crippen LogP contribution in [0.3, 0.4) is 0 Å². The summed E-state index contributed by atoms with van der Waals surface area (Å²) in [6, 6.07) is 3.51. The molecule has 6 nitrogen and oxygen atoms in total. The lowest BCUT2D eigenvalue weighted by molar-refractivity contribution is -0.141. The molecule has 1 heterocycles. The van der Waals surface area contributed by atoms with E-state index in [9.17, 15) is 14.7 Å². The fourth-order valence-corrected chi connectivity index (χ4v) is 2.18. The summed E-state index contributed by atoms with van der Waals surface area (Å²) in [4.78, 5) is 23.1. The number of carboxylic acids is 1. The summed E-state index contributed by atoms with van der Waals surface area (Å²) in [6.07, 6.45) is -1.23. The van der Waals surface area contributed by atoms with Crippen LogP contribution in [-0.2, 0) is 4.79 Å². The van der Waals surface area contributed by atoms with E-state index in [1.54, 1.807) is 25.1 Å². The average molecular weight is 312 g/mol. The van der Waals surface area contributed by atoms with Crippen molar-refractivity contribution < 1.29 is 24.2 Å². The summed E-state index contributed by atoms with van der Waals surface area (Å²) in [7, 11) is 0. The summed E-state index contributed by atoms with van der Waals surface area (Å²) in [6.45, 7) is 2.96. The molecule has 0 saturated carbocycles. The molecule has 3 N–H and O–H groups in total. The Bertz CT molecular complexity index is 707. The lowest BCUT2D eigenvalue weighted by atomic mass is 10.1. The van der Waals surface area contributed by atoms with Gasteiger partial charge in [-0.15, -0.1) is 0 Å². The highest BCUT2D eigenvalue weighted by atomic mass is 35.5. The highest BCUT2D eigenvalue weighted by Gasteiger charge is 2.28. The normalized spacial score (nSPS) is 13.9. The van der Waals surface area contributed by atoms with E-state index in [0.29, 0.717) is 21.6 Å². The first-order chi connectivity index (χ1) is 9.81. The number of halogens is 1. The summed E-state index contributed by atoms with van der Waals surface area (Å²) in [5.41, 5.74) is 1.03. The third kappa shape index (κ3) is 3.01. The van der Waals surface area contributed by atoms with Gasteiger partial charge in [0.1, 0.15) is 5.58 Å². The van der Waals surface area contributed by atoms with E-state index in [2.05, 4.69) is 5.32 Å². The zero-order valence-corrected chi connectivity index (χ0v) is 12.1. The molecule has 0 fully saturated rings. The highest BCUT2D eigenvalue weighted by Crippen LogP contribution is 2.27. The second kappa shape index (κ2) is 5.75. The van der Waals surface area contributed by atoms with E-state index in [1.165, 1.54) is 6.92 Å². The van der Waals surface area contributed by atoms with Gasteiger partial charge in [0.2, 0.25) is 0 Å². The van der Waals surface area contributed by atoms with Crippen LogP contribution in [-0.4, -0.2) is 34.2 Å². The van der Waals surface area contributed by atoms with Gasteiger partial charge >= 0.3 is 5.97 Å². The van der Waals surface area contributed by atoms with Crippen molar-refractivity contribution in [2.24, 2.45) is 0 Å². The van der Waals surface area contributed by atoms with Crippen LogP contribution in [0, 0.1) is 6.92 Å². The van der Waals surface area contributed by atoms with Gasteiger partial charge in [-0.3, -0.25) is 4.79 Å². The molecule has 1 aromatic heterocycles. The number of aliphatic hydroxyl groups is 1. The van der Waals surface area contributed by atoms with Crippen molar-refractivity contribution in [3.63, 3.8) is 0 Å². The van der Waals surface area contributed by atoms with Crippen molar-refractivity contribution in [2.45, 2.75) is 26.0 Å². The van der Waals surface area contributed by atoms with E-state index in [0.717, 1.165) is 0 Å². The van der Waals surface area contributed by atoms with Crippen LogP contribution < -0.4 is 5.32 Å². The number of furan rings is 1. The zero-order chi connectivity index (χ0) is 15.7. The molecule has 0 aliphatic heterocycles. The maximum atomic E-state index is 12.1. The molecule has 112 valence electrons. The lowest BCUT2D eigenvalue weighted by Gasteiger charge is -2.16. The SMILES string of the molecule is Cc1c(C(=O)NC(C(=O)O)C(C)O)oc2ccc(Cl)cc12. The van der Waals surface area contributed by atoms with Gasteiger partial charge in [0.15, 0.2) is 11.8 Å². The first-order valence-corrected chi connectivity index (χ1v) is 6.59.